The molecule has 0 spiro atoms. The predicted octanol–water partition coefficient (Wildman–Crippen LogP) is 6.87. The van der Waals surface area contributed by atoms with E-state index in [0.717, 1.165) is 24.7 Å². The van der Waals surface area contributed by atoms with Crippen LogP contribution in [-0.4, -0.2) is 6.61 Å². The zero-order valence-electron chi connectivity index (χ0n) is 14.4. The quantitative estimate of drug-likeness (QED) is 0.235. The van der Waals surface area contributed by atoms with Crippen molar-refractivity contribution in [3.8, 4) is 0 Å². The van der Waals surface area contributed by atoms with E-state index in [1.165, 1.54) is 70.6 Å². The van der Waals surface area contributed by atoms with Gasteiger partial charge in [-0.1, -0.05) is 85.1 Å². The monoisotopic (exact) mass is 282 g/mol. The average Bonchev–Trinajstić information content (AvgIpc) is 2.42. The molecular weight excluding hydrogens is 244 g/mol. The molecule has 0 heterocycles. The van der Waals surface area contributed by atoms with Gasteiger partial charge in [0.05, 0.1) is 12.4 Å². The van der Waals surface area contributed by atoms with Crippen molar-refractivity contribution in [2.75, 3.05) is 6.61 Å². The Hall–Kier alpha value is -0.460. The second kappa shape index (κ2) is 14.9. The van der Waals surface area contributed by atoms with Crippen LogP contribution in [0.15, 0.2) is 12.3 Å². The van der Waals surface area contributed by atoms with Crippen molar-refractivity contribution in [2.24, 2.45) is 5.92 Å². The van der Waals surface area contributed by atoms with Gasteiger partial charge in [-0.15, -0.1) is 0 Å². The Morgan fingerprint density at radius 3 is 1.85 bits per heavy atom. The van der Waals surface area contributed by atoms with E-state index >= 15 is 0 Å². The first kappa shape index (κ1) is 19.5. The summed E-state index contributed by atoms with van der Waals surface area (Å²) in [6.45, 7) is 11.6. The van der Waals surface area contributed by atoms with Crippen LogP contribution >= 0.6 is 0 Å². The summed E-state index contributed by atoms with van der Waals surface area (Å²) in [5, 5.41) is 0. The van der Waals surface area contributed by atoms with E-state index in [0.29, 0.717) is 0 Å². The third-order valence-corrected chi connectivity index (χ3v) is 3.80. The maximum atomic E-state index is 5.67. The molecule has 0 saturated heterocycles. The minimum atomic E-state index is 0.743. The molecule has 0 bridgehead atoms. The van der Waals surface area contributed by atoms with Gasteiger partial charge >= 0.3 is 0 Å². The Bertz CT molecular complexity index is 208. The average molecular weight is 283 g/mol. The van der Waals surface area contributed by atoms with Gasteiger partial charge in [-0.2, -0.15) is 0 Å². The third-order valence-electron chi connectivity index (χ3n) is 3.80. The lowest BCUT2D eigenvalue weighted by Crippen LogP contribution is -1.96. The van der Waals surface area contributed by atoms with Crippen LogP contribution in [-0.2, 0) is 4.74 Å². The molecule has 0 unspecified atom stereocenters. The van der Waals surface area contributed by atoms with Crippen LogP contribution in [0.3, 0.4) is 0 Å². The number of rotatable bonds is 15. The highest BCUT2D eigenvalue weighted by molar-refractivity contribution is 4.82. The number of ether oxygens (including phenoxy) is 1. The Labute approximate surface area is 128 Å². The standard InChI is InChI=1S/C19H38O/c1-5-6-7-8-9-10-11-12-13-14-17-20-19(4)16-15-18(2)3/h18H,4-17H2,1-3H3. The van der Waals surface area contributed by atoms with Crippen molar-refractivity contribution >= 4 is 0 Å². The molecule has 20 heavy (non-hydrogen) atoms. The molecule has 0 saturated carbocycles. The minimum absolute atomic E-state index is 0.743. The van der Waals surface area contributed by atoms with Crippen molar-refractivity contribution in [3.63, 3.8) is 0 Å². The molecule has 0 aromatic rings. The van der Waals surface area contributed by atoms with Crippen LogP contribution < -0.4 is 0 Å². The molecule has 0 rings (SSSR count). The van der Waals surface area contributed by atoms with Crippen LogP contribution in [0.1, 0.15) is 97.8 Å². The molecule has 0 atom stereocenters. The van der Waals surface area contributed by atoms with E-state index in [4.69, 9.17) is 4.74 Å². The number of hydrogen-bond donors (Lipinski definition) is 0. The summed E-state index contributed by atoms with van der Waals surface area (Å²) in [4.78, 5) is 0. The minimum Gasteiger partial charge on any atom is -0.499 e. The van der Waals surface area contributed by atoms with Crippen LogP contribution in [0, 0.1) is 5.92 Å². The van der Waals surface area contributed by atoms with Crippen LogP contribution in [0.4, 0.5) is 0 Å². The molecule has 0 aromatic heterocycles. The van der Waals surface area contributed by atoms with Gasteiger partial charge in [-0.25, -0.2) is 0 Å². The maximum absolute atomic E-state index is 5.67. The van der Waals surface area contributed by atoms with Gasteiger partial charge < -0.3 is 4.74 Å². The van der Waals surface area contributed by atoms with Gasteiger partial charge in [0.25, 0.3) is 0 Å². The molecule has 0 fully saturated rings. The Morgan fingerprint density at radius 2 is 1.35 bits per heavy atom. The lowest BCUT2D eigenvalue weighted by Gasteiger charge is -2.10. The molecule has 0 aliphatic rings. The van der Waals surface area contributed by atoms with Crippen molar-refractivity contribution < 1.29 is 4.74 Å². The zero-order valence-corrected chi connectivity index (χ0v) is 14.4. The van der Waals surface area contributed by atoms with Crippen LogP contribution in [0.5, 0.6) is 0 Å². The third kappa shape index (κ3) is 15.6. The molecule has 0 N–H and O–H groups in total. The highest BCUT2D eigenvalue weighted by Gasteiger charge is 1.99. The molecule has 1 nitrogen and oxygen atoms in total. The van der Waals surface area contributed by atoms with Gasteiger partial charge in [0.15, 0.2) is 0 Å². The topological polar surface area (TPSA) is 9.23 Å². The fraction of sp³-hybridized carbons (Fsp3) is 0.895. The second-order valence-electron chi connectivity index (χ2n) is 6.50. The molecule has 0 aliphatic carbocycles. The van der Waals surface area contributed by atoms with Crippen LogP contribution in [0.25, 0.3) is 0 Å². The molecule has 0 amide bonds. The Morgan fingerprint density at radius 1 is 0.850 bits per heavy atom. The maximum Gasteiger partial charge on any atom is 0.0888 e. The predicted molar refractivity (Wildman–Crippen MR) is 91.0 cm³/mol. The number of allylic oxidation sites excluding steroid dienone is 1. The normalized spacial score (nSPS) is 11.0. The lowest BCUT2D eigenvalue weighted by molar-refractivity contribution is 0.193. The van der Waals surface area contributed by atoms with Crippen molar-refractivity contribution in [1.29, 1.82) is 0 Å². The van der Waals surface area contributed by atoms with Crippen molar-refractivity contribution in [3.05, 3.63) is 12.3 Å². The fourth-order valence-electron chi connectivity index (χ4n) is 2.33. The van der Waals surface area contributed by atoms with E-state index < -0.39 is 0 Å². The fourth-order valence-corrected chi connectivity index (χ4v) is 2.33. The first-order valence-corrected chi connectivity index (χ1v) is 8.97. The Balaban J connectivity index is 3.11. The summed E-state index contributed by atoms with van der Waals surface area (Å²) in [5.41, 5.74) is 0. The summed E-state index contributed by atoms with van der Waals surface area (Å²) >= 11 is 0. The van der Waals surface area contributed by atoms with E-state index in [9.17, 15) is 0 Å². The molecule has 120 valence electrons. The highest BCUT2D eigenvalue weighted by atomic mass is 16.5. The largest absolute Gasteiger partial charge is 0.499 e. The van der Waals surface area contributed by atoms with Gasteiger partial charge in [0.2, 0.25) is 0 Å². The summed E-state index contributed by atoms with van der Waals surface area (Å²) in [5.74, 6) is 1.72. The molecule has 0 aromatic carbocycles. The lowest BCUT2D eigenvalue weighted by atomic mass is 10.1. The molecule has 0 radical (unpaired) electrons. The SMILES string of the molecule is C=C(CCC(C)C)OCCCCCCCCCCCC. The van der Waals surface area contributed by atoms with Gasteiger partial charge in [0.1, 0.15) is 0 Å². The van der Waals surface area contributed by atoms with Gasteiger partial charge in [-0.05, 0) is 18.8 Å². The van der Waals surface area contributed by atoms with Crippen molar-refractivity contribution in [2.45, 2.75) is 97.8 Å². The van der Waals surface area contributed by atoms with Gasteiger partial charge in [0, 0.05) is 6.42 Å². The van der Waals surface area contributed by atoms with Crippen LogP contribution in [0.2, 0.25) is 0 Å². The second-order valence-corrected chi connectivity index (χ2v) is 6.50. The Kier molecular flexibility index (Phi) is 14.6. The number of unbranched alkanes of at least 4 members (excludes halogenated alkanes) is 9. The summed E-state index contributed by atoms with van der Waals surface area (Å²) < 4.78 is 5.67. The summed E-state index contributed by atoms with van der Waals surface area (Å²) in [6.07, 6.45) is 16.0. The van der Waals surface area contributed by atoms with E-state index in [1.54, 1.807) is 0 Å². The first-order valence-electron chi connectivity index (χ1n) is 8.97. The zero-order chi connectivity index (χ0) is 15.1. The smallest absolute Gasteiger partial charge is 0.0888 e. The summed E-state index contributed by atoms with van der Waals surface area (Å²) in [7, 11) is 0. The van der Waals surface area contributed by atoms with E-state index in [2.05, 4.69) is 27.4 Å². The number of hydrogen-bond acceptors (Lipinski definition) is 1. The molecule has 0 aliphatic heterocycles. The summed E-state index contributed by atoms with van der Waals surface area (Å²) in [6, 6.07) is 0. The molecule has 1 heteroatoms. The highest BCUT2D eigenvalue weighted by Crippen LogP contribution is 2.13. The van der Waals surface area contributed by atoms with E-state index in [1.807, 2.05) is 0 Å². The molecular formula is C19H38O. The van der Waals surface area contributed by atoms with Crippen molar-refractivity contribution in [1.82, 2.24) is 0 Å². The van der Waals surface area contributed by atoms with Gasteiger partial charge in [-0.3, -0.25) is 0 Å². The first-order chi connectivity index (χ1) is 9.66. The van der Waals surface area contributed by atoms with E-state index in [-0.39, 0.29) is 0 Å².